The van der Waals surface area contributed by atoms with E-state index in [0.717, 1.165) is 15.8 Å². The summed E-state index contributed by atoms with van der Waals surface area (Å²) in [6.45, 7) is 2.22. The van der Waals surface area contributed by atoms with E-state index in [0.29, 0.717) is 0 Å². The van der Waals surface area contributed by atoms with Crippen LogP contribution in [0.4, 0.5) is 0 Å². The third-order valence-electron chi connectivity index (χ3n) is 2.28. The quantitative estimate of drug-likeness (QED) is 0.620. The van der Waals surface area contributed by atoms with Crippen molar-refractivity contribution in [2.75, 3.05) is 5.75 Å². The first kappa shape index (κ1) is 12.0. The zero-order chi connectivity index (χ0) is 11.4. The van der Waals surface area contributed by atoms with E-state index in [1.54, 1.807) is 18.1 Å². The second-order valence-corrected chi connectivity index (χ2v) is 6.08. The molecule has 88 valence electrons. The third kappa shape index (κ3) is 3.02. The molecule has 0 spiro atoms. The molecule has 2 heterocycles. The van der Waals surface area contributed by atoms with E-state index in [1.165, 1.54) is 24.3 Å². The molecule has 4 nitrogen and oxygen atoms in total. The van der Waals surface area contributed by atoms with Crippen molar-refractivity contribution in [2.45, 2.75) is 31.6 Å². The van der Waals surface area contributed by atoms with E-state index in [-0.39, 0.29) is 5.37 Å². The predicted octanol–water partition coefficient (Wildman–Crippen LogP) is 2.40. The van der Waals surface area contributed by atoms with Crippen molar-refractivity contribution in [3.05, 3.63) is 11.9 Å². The summed E-state index contributed by atoms with van der Waals surface area (Å²) in [4.78, 5) is 8.84. The van der Waals surface area contributed by atoms with E-state index in [4.69, 9.17) is 5.84 Å². The standard InChI is InChI=1S/C10H16N4S2/c1-2-3-4-5-15-10-13-8-6-14(11)7-12-9(8)16-10/h6-7,9H,2-5,11H2,1H3. The monoisotopic (exact) mass is 256 g/mol. The van der Waals surface area contributed by atoms with Crippen molar-refractivity contribution < 1.29 is 0 Å². The average molecular weight is 256 g/mol. The van der Waals surface area contributed by atoms with Gasteiger partial charge in [-0.25, -0.2) is 10.8 Å². The summed E-state index contributed by atoms with van der Waals surface area (Å²) < 4.78 is 1.12. The zero-order valence-electron chi connectivity index (χ0n) is 9.30. The maximum atomic E-state index is 5.60. The fourth-order valence-electron chi connectivity index (χ4n) is 1.44. The van der Waals surface area contributed by atoms with Crippen LogP contribution < -0.4 is 5.84 Å². The van der Waals surface area contributed by atoms with Gasteiger partial charge in [0.2, 0.25) is 0 Å². The highest BCUT2D eigenvalue weighted by Gasteiger charge is 2.26. The summed E-state index contributed by atoms with van der Waals surface area (Å²) in [5, 5.41) is 1.59. The Hall–Kier alpha value is -0.460. The number of rotatable bonds is 4. The molecule has 2 N–H and O–H groups in total. The van der Waals surface area contributed by atoms with Crippen molar-refractivity contribution in [2.24, 2.45) is 15.8 Å². The molecule has 0 bridgehead atoms. The van der Waals surface area contributed by atoms with Crippen LogP contribution in [-0.4, -0.2) is 26.8 Å². The molecule has 1 unspecified atom stereocenters. The Morgan fingerprint density at radius 3 is 3.25 bits per heavy atom. The lowest BCUT2D eigenvalue weighted by molar-refractivity contribution is 0.590. The lowest BCUT2D eigenvalue weighted by Gasteiger charge is -2.14. The molecule has 1 atom stereocenters. The van der Waals surface area contributed by atoms with Gasteiger partial charge in [-0.3, -0.25) is 10.0 Å². The highest BCUT2D eigenvalue weighted by molar-refractivity contribution is 8.39. The molecule has 0 aromatic carbocycles. The molecule has 0 amide bonds. The maximum absolute atomic E-state index is 5.60. The van der Waals surface area contributed by atoms with Gasteiger partial charge in [0.15, 0.2) is 0 Å². The number of hydrogen-bond acceptors (Lipinski definition) is 6. The van der Waals surface area contributed by atoms with Gasteiger partial charge in [0.05, 0.1) is 5.70 Å². The van der Waals surface area contributed by atoms with Crippen molar-refractivity contribution in [3.63, 3.8) is 0 Å². The van der Waals surface area contributed by atoms with Crippen molar-refractivity contribution in [3.8, 4) is 0 Å². The van der Waals surface area contributed by atoms with Gasteiger partial charge in [-0.1, -0.05) is 43.3 Å². The number of unbranched alkanes of at least 4 members (excludes halogenated alkanes) is 2. The molecule has 16 heavy (non-hydrogen) atoms. The molecular weight excluding hydrogens is 240 g/mol. The SMILES string of the molecule is CCCCCSC1=NC2=CN(N)C=NC2S1. The van der Waals surface area contributed by atoms with E-state index in [9.17, 15) is 0 Å². The second kappa shape index (κ2) is 5.75. The highest BCUT2D eigenvalue weighted by atomic mass is 32.2. The Balaban J connectivity index is 1.83. The minimum atomic E-state index is 0.133. The number of aliphatic imine (C=N–C) groups is 2. The number of fused-ring (bicyclic) bond motifs is 1. The lowest BCUT2D eigenvalue weighted by Crippen LogP contribution is -2.27. The Kier molecular flexibility index (Phi) is 4.31. The first-order valence-corrected chi connectivity index (χ1v) is 7.32. The van der Waals surface area contributed by atoms with Crippen LogP contribution in [0.5, 0.6) is 0 Å². The summed E-state index contributed by atoms with van der Waals surface area (Å²) in [6, 6.07) is 0. The van der Waals surface area contributed by atoms with Crippen LogP contribution in [0, 0.1) is 0 Å². The Morgan fingerprint density at radius 1 is 1.56 bits per heavy atom. The second-order valence-electron chi connectivity index (χ2n) is 3.67. The number of nitrogens with zero attached hydrogens (tertiary/aromatic N) is 3. The average Bonchev–Trinajstić information content (AvgIpc) is 2.66. The fourth-order valence-corrected chi connectivity index (χ4v) is 3.63. The van der Waals surface area contributed by atoms with Gasteiger partial charge in [-0.2, -0.15) is 0 Å². The van der Waals surface area contributed by atoms with Gasteiger partial charge in [-0.05, 0) is 6.42 Å². The Bertz CT molecular complexity index is 338. The molecule has 0 aliphatic carbocycles. The first-order valence-electron chi connectivity index (χ1n) is 5.46. The number of nitrogens with two attached hydrogens (primary N) is 1. The van der Waals surface area contributed by atoms with Crippen LogP contribution in [0.3, 0.4) is 0 Å². The number of hydrazine groups is 1. The van der Waals surface area contributed by atoms with Crippen LogP contribution in [-0.2, 0) is 0 Å². The molecule has 2 aliphatic rings. The summed E-state index contributed by atoms with van der Waals surface area (Å²) >= 11 is 3.55. The molecule has 2 aliphatic heterocycles. The predicted molar refractivity (Wildman–Crippen MR) is 73.4 cm³/mol. The minimum Gasteiger partial charge on any atom is -0.274 e. The summed E-state index contributed by atoms with van der Waals surface area (Å²) in [7, 11) is 0. The molecule has 0 fully saturated rings. The first-order chi connectivity index (χ1) is 7.79. The smallest absolute Gasteiger partial charge is 0.147 e. The van der Waals surface area contributed by atoms with Crippen LogP contribution >= 0.6 is 23.5 Å². The van der Waals surface area contributed by atoms with E-state index in [1.807, 2.05) is 18.0 Å². The molecule has 0 saturated heterocycles. The van der Waals surface area contributed by atoms with Gasteiger partial charge in [0.1, 0.15) is 16.1 Å². The van der Waals surface area contributed by atoms with Crippen LogP contribution in [0.25, 0.3) is 0 Å². The Morgan fingerprint density at radius 2 is 2.44 bits per heavy atom. The zero-order valence-corrected chi connectivity index (χ0v) is 10.9. The van der Waals surface area contributed by atoms with Gasteiger partial charge < -0.3 is 0 Å². The molecule has 0 aromatic rings. The molecular formula is C10H16N4S2. The maximum Gasteiger partial charge on any atom is 0.147 e. The normalized spacial score (nSPS) is 23.1. The molecule has 0 aromatic heterocycles. The van der Waals surface area contributed by atoms with Gasteiger partial charge >= 0.3 is 0 Å². The Labute approximate surface area is 104 Å². The fraction of sp³-hybridized carbons (Fsp3) is 0.600. The van der Waals surface area contributed by atoms with Crippen LogP contribution in [0.2, 0.25) is 0 Å². The van der Waals surface area contributed by atoms with Crippen molar-refractivity contribution in [1.82, 2.24) is 5.01 Å². The third-order valence-corrected chi connectivity index (χ3v) is 4.63. The summed E-state index contributed by atoms with van der Waals surface area (Å²) in [5.74, 6) is 6.75. The molecule has 0 radical (unpaired) electrons. The van der Waals surface area contributed by atoms with Crippen LogP contribution in [0.1, 0.15) is 26.2 Å². The molecule has 0 saturated carbocycles. The molecule has 6 heteroatoms. The van der Waals surface area contributed by atoms with E-state index >= 15 is 0 Å². The van der Waals surface area contributed by atoms with Gasteiger partial charge in [0, 0.05) is 12.0 Å². The van der Waals surface area contributed by atoms with E-state index < -0.39 is 0 Å². The van der Waals surface area contributed by atoms with Gasteiger partial charge in [-0.15, -0.1) is 0 Å². The topological polar surface area (TPSA) is 54.0 Å². The number of hydrogen-bond donors (Lipinski definition) is 1. The van der Waals surface area contributed by atoms with Crippen molar-refractivity contribution in [1.29, 1.82) is 0 Å². The highest BCUT2D eigenvalue weighted by Crippen LogP contribution is 2.37. The minimum absolute atomic E-state index is 0.133. The van der Waals surface area contributed by atoms with Gasteiger partial charge in [0.25, 0.3) is 0 Å². The number of thioether (sulfide) groups is 2. The lowest BCUT2D eigenvalue weighted by atomic mass is 10.3. The van der Waals surface area contributed by atoms with Crippen LogP contribution in [0.15, 0.2) is 21.9 Å². The summed E-state index contributed by atoms with van der Waals surface area (Å²) in [5.41, 5.74) is 0.966. The van der Waals surface area contributed by atoms with Crippen molar-refractivity contribution >= 4 is 34.2 Å². The summed E-state index contributed by atoms with van der Waals surface area (Å²) in [6.07, 6.45) is 7.30. The molecule has 2 rings (SSSR count). The largest absolute Gasteiger partial charge is 0.274 e. The van der Waals surface area contributed by atoms with E-state index in [2.05, 4.69) is 16.9 Å².